The molecule has 0 N–H and O–H groups in total. The Morgan fingerprint density at radius 1 is 0.667 bits per heavy atom. The van der Waals surface area contributed by atoms with Crippen LogP contribution in [0.1, 0.15) is 127 Å². The van der Waals surface area contributed by atoms with Crippen LogP contribution < -0.4 is 0 Å². The number of unbranched alkanes of at least 4 members (excludes halogenated alkanes) is 5. The van der Waals surface area contributed by atoms with E-state index in [1.807, 2.05) is 3.59 Å². The molecular formula is C26H53BO2Sn. The number of hydrogen-bond acceptors (Lipinski definition) is 2. The Kier molecular flexibility index (Phi) is 12.6. The average molecular weight is 527 g/mol. The van der Waals surface area contributed by atoms with Crippen molar-refractivity contribution >= 4 is 25.5 Å². The quantitative estimate of drug-likeness (QED) is 0.156. The molecule has 176 valence electrons. The fraction of sp³-hybridized carbons (Fsp3) is 0.923. The van der Waals surface area contributed by atoms with Gasteiger partial charge in [-0.25, -0.2) is 0 Å². The zero-order chi connectivity index (χ0) is 22.8. The van der Waals surface area contributed by atoms with Crippen LogP contribution in [0.2, 0.25) is 13.3 Å². The Morgan fingerprint density at radius 2 is 1.07 bits per heavy atom. The number of rotatable bonds is 15. The van der Waals surface area contributed by atoms with Gasteiger partial charge in [0.15, 0.2) is 0 Å². The summed E-state index contributed by atoms with van der Waals surface area (Å²) in [6.45, 7) is 20.6. The summed E-state index contributed by atoms with van der Waals surface area (Å²) in [5, 5.41) is 0. The van der Waals surface area contributed by atoms with Crippen LogP contribution in [-0.4, -0.2) is 36.7 Å². The van der Waals surface area contributed by atoms with Crippen LogP contribution in [0.15, 0.2) is 9.06 Å². The maximum atomic E-state index is 6.58. The van der Waals surface area contributed by atoms with E-state index in [9.17, 15) is 0 Å². The van der Waals surface area contributed by atoms with Crippen molar-refractivity contribution in [2.45, 2.75) is 151 Å². The Morgan fingerprint density at radius 3 is 1.43 bits per heavy atom. The predicted octanol–water partition coefficient (Wildman–Crippen LogP) is 8.90. The third-order valence-corrected chi connectivity index (χ3v) is 24.5. The first kappa shape index (κ1) is 28.6. The summed E-state index contributed by atoms with van der Waals surface area (Å²) in [7, 11) is -0.146. The van der Waals surface area contributed by atoms with Crippen molar-refractivity contribution < 1.29 is 9.31 Å². The van der Waals surface area contributed by atoms with Gasteiger partial charge in [-0.15, -0.1) is 0 Å². The van der Waals surface area contributed by atoms with Gasteiger partial charge in [0.25, 0.3) is 0 Å². The normalized spacial score (nSPS) is 19.3. The Labute approximate surface area is 194 Å². The standard InChI is InChI=1S/C14H26BO2.3C4H9.Sn/c1-7-8-9-10-11-12(2)15-16-13(3,4)14(5,6)17-15;3*1-3-4-2;/h7-10H2,1-6H3;3*1,3-4H2,2H3;. The molecule has 1 heterocycles. The number of hydrogen-bond donors (Lipinski definition) is 0. The molecule has 2 nitrogen and oxygen atoms in total. The van der Waals surface area contributed by atoms with Gasteiger partial charge in [0.05, 0.1) is 0 Å². The zero-order valence-corrected chi connectivity index (χ0v) is 24.9. The molecule has 0 amide bonds. The van der Waals surface area contributed by atoms with E-state index in [2.05, 4.69) is 62.3 Å². The van der Waals surface area contributed by atoms with Gasteiger partial charge >= 0.3 is 195 Å². The SMILES string of the molecule is CCCCC/[C](=C(\C)B1OC(C)(C)C(C)(C)O1)[Sn]([CH2]CCC)([CH2]CCC)[CH2]CCC. The van der Waals surface area contributed by atoms with Crippen molar-refractivity contribution in [1.29, 1.82) is 0 Å². The van der Waals surface area contributed by atoms with Gasteiger partial charge in [-0.1, -0.05) is 0 Å². The number of allylic oxidation sites excluding steroid dienone is 2. The van der Waals surface area contributed by atoms with Gasteiger partial charge in [0, 0.05) is 0 Å². The van der Waals surface area contributed by atoms with Crippen molar-refractivity contribution in [2.75, 3.05) is 0 Å². The molecule has 0 atom stereocenters. The third kappa shape index (κ3) is 7.54. The van der Waals surface area contributed by atoms with E-state index >= 15 is 0 Å². The van der Waals surface area contributed by atoms with Crippen LogP contribution in [0.5, 0.6) is 0 Å². The molecule has 0 aromatic carbocycles. The topological polar surface area (TPSA) is 18.5 Å². The summed E-state index contributed by atoms with van der Waals surface area (Å²) in [6.07, 6.45) is 13.5. The predicted molar refractivity (Wildman–Crippen MR) is 138 cm³/mol. The van der Waals surface area contributed by atoms with Crippen LogP contribution in [0.4, 0.5) is 0 Å². The molecule has 1 fully saturated rings. The first-order valence-corrected chi connectivity index (χ1v) is 20.6. The molecule has 0 bridgehead atoms. The summed E-state index contributed by atoms with van der Waals surface area (Å²) >= 11 is -2.50. The minimum absolute atomic E-state index is 0.146. The first-order valence-electron chi connectivity index (χ1n) is 13.2. The summed E-state index contributed by atoms with van der Waals surface area (Å²) in [5.74, 6) is 0. The van der Waals surface area contributed by atoms with Gasteiger partial charge in [-0.3, -0.25) is 0 Å². The van der Waals surface area contributed by atoms with E-state index in [0.29, 0.717) is 0 Å². The fourth-order valence-corrected chi connectivity index (χ4v) is 23.3. The van der Waals surface area contributed by atoms with Gasteiger partial charge < -0.3 is 0 Å². The summed E-state index contributed by atoms with van der Waals surface area (Å²) in [6, 6.07) is 0. The second-order valence-electron chi connectivity index (χ2n) is 10.8. The van der Waals surface area contributed by atoms with Gasteiger partial charge in [-0.2, -0.15) is 0 Å². The molecule has 0 spiro atoms. The van der Waals surface area contributed by atoms with E-state index in [4.69, 9.17) is 9.31 Å². The van der Waals surface area contributed by atoms with E-state index in [1.54, 1.807) is 0 Å². The molecule has 1 aliphatic heterocycles. The van der Waals surface area contributed by atoms with E-state index < -0.39 is 18.4 Å². The first-order chi connectivity index (χ1) is 14.1. The molecule has 1 rings (SSSR count). The molecule has 0 aliphatic carbocycles. The van der Waals surface area contributed by atoms with Crippen molar-refractivity contribution in [3.05, 3.63) is 9.06 Å². The van der Waals surface area contributed by atoms with Crippen molar-refractivity contribution in [1.82, 2.24) is 0 Å². The molecule has 0 saturated carbocycles. The van der Waals surface area contributed by atoms with Crippen LogP contribution in [0, 0.1) is 0 Å². The molecular weight excluding hydrogens is 474 g/mol. The van der Waals surface area contributed by atoms with Crippen LogP contribution in [-0.2, 0) is 9.31 Å². The Balaban J connectivity index is 3.43. The van der Waals surface area contributed by atoms with Crippen molar-refractivity contribution in [3.8, 4) is 0 Å². The van der Waals surface area contributed by atoms with E-state index in [0.717, 1.165) is 0 Å². The Hall–Kier alpha value is 0.524. The van der Waals surface area contributed by atoms with Crippen LogP contribution in [0.25, 0.3) is 0 Å². The van der Waals surface area contributed by atoms with Gasteiger partial charge in [0.2, 0.25) is 0 Å². The maximum absolute atomic E-state index is 6.58. The Bertz CT molecular complexity index is 489. The minimum atomic E-state index is -2.50. The van der Waals surface area contributed by atoms with Gasteiger partial charge in [-0.05, 0) is 0 Å². The molecule has 30 heavy (non-hydrogen) atoms. The van der Waals surface area contributed by atoms with Crippen LogP contribution in [0.3, 0.4) is 0 Å². The summed E-state index contributed by atoms with van der Waals surface area (Å²) in [5.41, 5.74) is 0.980. The molecule has 0 aromatic rings. The van der Waals surface area contributed by atoms with Crippen molar-refractivity contribution in [2.24, 2.45) is 0 Å². The van der Waals surface area contributed by atoms with Gasteiger partial charge in [0.1, 0.15) is 0 Å². The fourth-order valence-electron chi connectivity index (χ4n) is 4.97. The molecule has 4 heteroatoms. The zero-order valence-electron chi connectivity index (χ0n) is 22.1. The second-order valence-corrected chi connectivity index (χ2v) is 24.1. The van der Waals surface area contributed by atoms with Crippen LogP contribution >= 0.6 is 0 Å². The molecule has 1 saturated heterocycles. The average Bonchev–Trinajstić information content (AvgIpc) is 2.92. The third-order valence-electron chi connectivity index (χ3n) is 7.78. The molecule has 0 unspecified atom stereocenters. The molecule has 0 radical (unpaired) electrons. The molecule has 1 aliphatic rings. The second kappa shape index (κ2) is 13.3. The van der Waals surface area contributed by atoms with E-state index in [1.165, 1.54) is 83.0 Å². The summed E-state index contributed by atoms with van der Waals surface area (Å²) < 4.78 is 19.6. The monoisotopic (exact) mass is 528 g/mol. The van der Waals surface area contributed by atoms with Crippen molar-refractivity contribution in [3.63, 3.8) is 0 Å². The summed E-state index contributed by atoms with van der Waals surface area (Å²) in [4.78, 5) is 0. The molecule has 0 aromatic heterocycles. The van der Waals surface area contributed by atoms with E-state index in [-0.39, 0.29) is 18.3 Å².